The summed E-state index contributed by atoms with van der Waals surface area (Å²) < 4.78 is 6.01. The van der Waals surface area contributed by atoms with Gasteiger partial charge in [-0.25, -0.2) is 0 Å². The summed E-state index contributed by atoms with van der Waals surface area (Å²) in [6.45, 7) is 0.780. The Morgan fingerprint density at radius 1 is 1.25 bits per heavy atom. The highest BCUT2D eigenvalue weighted by molar-refractivity contribution is 8.00. The summed E-state index contributed by atoms with van der Waals surface area (Å²) in [6, 6.07) is 8.55. The van der Waals surface area contributed by atoms with E-state index in [1.54, 1.807) is 0 Å². The monoisotopic (exact) mass is 292 g/mol. The Kier molecular flexibility index (Phi) is 4.32. The number of benzene rings is 1. The van der Waals surface area contributed by atoms with Crippen LogP contribution in [0, 0.1) is 5.92 Å². The van der Waals surface area contributed by atoms with Crippen molar-refractivity contribution >= 4 is 17.7 Å². The van der Waals surface area contributed by atoms with Crippen LogP contribution in [-0.4, -0.2) is 29.0 Å². The first kappa shape index (κ1) is 14.0. The first-order chi connectivity index (χ1) is 9.72. The molecule has 0 amide bonds. The van der Waals surface area contributed by atoms with Crippen molar-refractivity contribution in [3.8, 4) is 0 Å². The summed E-state index contributed by atoms with van der Waals surface area (Å²) in [5.74, 6) is -0.801. The molecule has 2 aliphatic rings. The Labute approximate surface area is 123 Å². The van der Waals surface area contributed by atoms with Gasteiger partial charge >= 0.3 is 5.97 Å². The van der Waals surface area contributed by atoms with E-state index in [0.29, 0.717) is 5.25 Å². The summed E-state index contributed by atoms with van der Waals surface area (Å²) in [5, 5.41) is 9.50. The van der Waals surface area contributed by atoms with Gasteiger partial charge in [0.15, 0.2) is 0 Å². The molecule has 1 heterocycles. The van der Waals surface area contributed by atoms with Gasteiger partial charge in [0.2, 0.25) is 0 Å². The molecule has 1 saturated carbocycles. The molecule has 1 unspecified atom stereocenters. The molecular weight excluding hydrogens is 272 g/mol. The first-order valence-electron chi connectivity index (χ1n) is 7.31. The molecule has 108 valence electrons. The lowest BCUT2D eigenvalue weighted by Gasteiger charge is -2.27. The van der Waals surface area contributed by atoms with Gasteiger partial charge < -0.3 is 9.84 Å². The standard InChI is InChI=1S/C16H20O3S/c17-16(18)11-5-7-13(8-6-11)19-10-14-9-12-3-1-2-4-15(12)20-14/h1-4,11,13-14H,5-10H2,(H,17,18). The second kappa shape index (κ2) is 6.19. The molecule has 0 radical (unpaired) electrons. The summed E-state index contributed by atoms with van der Waals surface area (Å²) in [4.78, 5) is 12.3. The second-order valence-electron chi connectivity index (χ2n) is 5.70. The Balaban J connectivity index is 1.43. The third-order valence-corrected chi connectivity index (χ3v) is 5.54. The van der Waals surface area contributed by atoms with E-state index in [1.165, 1.54) is 10.5 Å². The fourth-order valence-corrected chi connectivity index (χ4v) is 4.30. The minimum atomic E-state index is -0.648. The smallest absolute Gasteiger partial charge is 0.306 e. The van der Waals surface area contributed by atoms with Crippen LogP contribution in [0.1, 0.15) is 31.2 Å². The van der Waals surface area contributed by atoms with Gasteiger partial charge in [0, 0.05) is 10.1 Å². The highest BCUT2D eigenvalue weighted by Crippen LogP contribution is 2.37. The van der Waals surface area contributed by atoms with Crippen LogP contribution in [0.2, 0.25) is 0 Å². The van der Waals surface area contributed by atoms with Crippen LogP contribution < -0.4 is 0 Å². The fourth-order valence-electron chi connectivity index (χ4n) is 3.07. The van der Waals surface area contributed by atoms with Crippen molar-refractivity contribution < 1.29 is 14.6 Å². The highest BCUT2D eigenvalue weighted by atomic mass is 32.2. The lowest BCUT2D eigenvalue weighted by molar-refractivity contribution is -0.143. The van der Waals surface area contributed by atoms with Crippen LogP contribution in [0.4, 0.5) is 0 Å². The summed E-state index contributed by atoms with van der Waals surface area (Å²) >= 11 is 1.91. The van der Waals surface area contributed by atoms with Crippen LogP contribution in [0.15, 0.2) is 29.2 Å². The lowest BCUT2D eigenvalue weighted by atomic mass is 9.87. The maximum atomic E-state index is 10.9. The van der Waals surface area contributed by atoms with E-state index in [-0.39, 0.29) is 12.0 Å². The number of carboxylic acids is 1. The average Bonchev–Trinajstić information content (AvgIpc) is 2.88. The molecule has 1 aromatic rings. The molecule has 0 aromatic heterocycles. The Morgan fingerprint density at radius 2 is 2.00 bits per heavy atom. The predicted molar refractivity (Wildman–Crippen MR) is 79.1 cm³/mol. The van der Waals surface area contributed by atoms with Gasteiger partial charge in [0.05, 0.1) is 18.6 Å². The molecule has 3 nitrogen and oxygen atoms in total. The summed E-state index contributed by atoms with van der Waals surface area (Å²) in [6.07, 6.45) is 4.65. The zero-order valence-corrected chi connectivity index (χ0v) is 12.3. The molecule has 3 rings (SSSR count). The van der Waals surface area contributed by atoms with Gasteiger partial charge in [0.1, 0.15) is 0 Å². The number of carbonyl (C=O) groups is 1. The number of aliphatic carboxylic acids is 1. The molecule has 1 aliphatic carbocycles. The van der Waals surface area contributed by atoms with Crippen LogP contribution in [-0.2, 0) is 16.0 Å². The van der Waals surface area contributed by atoms with Gasteiger partial charge in [-0.15, -0.1) is 11.8 Å². The van der Waals surface area contributed by atoms with Gasteiger partial charge in [-0.05, 0) is 43.7 Å². The van der Waals surface area contributed by atoms with Gasteiger partial charge in [-0.1, -0.05) is 18.2 Å². The predicted octanol–water partition coefficient (Wildman–Crippen LogP) is 3.36. The average molecular weight is 292 g/mol. The number of hydrogen-bond donors (Lipinski definition) is 1. The molecule has 1 N–H and O–H groups in total. The molecule has 20 heavy (non-hydrogen) atoms. The largest absolute Gasteiger partial charge is 0.481 e. The number of ether oxygens (including phenoxy) is 1. The number of rotatable bonds is 4. The van der Waals surface area contributed by atoms with E-state index in [0.717, 1.165) is 38.7 Å². The Morgan fingerprint density at radius 3 is 2.70 bits per heavy atom. The highest BCUT2D eigenvalue weighted by Gasteiger charge is 2.28. The van der Waals surface area contributed by atoms with Crippen molar-refractivity contribution in [2.75, 3.05) is 6.61 Å². The van der Waals surface area contributed by atoms with Gasteiger partial charge in [0.25, 0.3) is 0 Å². The van der Waals surface area contributed by atoms with Gasteiger partial charge in [-0.3, -0.25) is 4.79 Å². The van der Waals surface area contributed by atoms with E-state index >= 15 is 0 Å². The molecule has 1 atom stereocenters. The molecule has 4 heteroatoms. The van der Waals surface area contributed by atoms with Crippen molar-refractivity contribution in [2.45, 2.75) is 48.4 Å². The number of thioether (sulfide) groups is 1. The van der Waals surface area contributed by atoms with Crippen molar-refractivity contribution in [3.05, 3.63) is 29.8 Å². The molecular formula is C16H20O3S. The minimum Gasteiger partial charge on any atom is -0.481 e. The van der Waals surface area contributed by atoms with Crippen molar-refractivity contribution in [2.24, 2.45) is 5.92 Å². The molecule has 1 aromatic carbocycles. The topological polar surface area (TPSA) is 46.5 Å². The second-order valence-corrected chi connectivity index (χ2v) is 7.04. The number of carboxylic acid groups (broad SMARTS) is 1. The van der Waals surface area contributed by atoms with Crippen LogP contribution >= 0.6 is 11.8 Å². The van der Waals surface area contributed by atoms with Gasteiger partial charge in [-0.2, -0.15) is 0 Å². The lowest BCUT2D eigenvalue weighted by Crippen LogP contribution is -2.28. The molecule has 1 fully saturated rings. The maximum absolute atomic E-state index is 10.9. The van der Waals surface area contributed by atoms with E-state index in [4.69, 9.17) is 9.84 Å². The molecule has 0 saturated heterocycles. The zero-order chi connectivity index (χ0) is 13.9. The van der Waals surface area contributed by atoms with E-state index in [9.17, 15) is 4.79 Å². The van der Waals surface area contributed by atoms with Crippen molar-refractivity contribution in [3.63, 3.8) is 0 Å². The third-order valence-electron chi connectivity index (χ3n) is 4.26. The quantitative estimate of drug-likeness (QED) is 0.924. The first-order valence-corrected chi connectivity index (χ1v) is 8.19. The van der Waals surface area contributed by atoms with E-state index in [2.05, 4.69) is 24.3 Å². The molecule has 0 bridgehead atoms. The normalized spacial score (nSPS) is 29.1. The third kappa shape index (κ3) is 3.18. The maximum Gasteiger partial charge on any atom is 0.306 e. The van der Waals surface area contributed by atoms with E-state index in [1.807, 2.05) is 11.8 Å². The van der Waals surface area contributed by atoms with Crippen LogP contribution in [0.25, 0.3) is 0 Å². The van der Waals surface area contributed by atoms with E-state index < -0.39 is 5.97 Å². The minimum absolute atomic E-state index is 0.153. The van der Waals surface area contributed by atoms with Crippen LogP contribution in [0.3, 0.4) is 0 Å². The SMILES string of the molecule is O=C(O)C1CCC(OCC2Cc3ccccc3S2)CC1. The van der Waals surface area contributed by atoms with Crippen molar-refractivity contribution in [1.29, 1.82) is 0 Å². The number of fused-ring (bicyclic) bond motifs is 1. The number of hydrogen-bond acceptors (Lipinski definition) is 3. The van der Waals surface area contributed by atoms with Crippen LogP contribution in [0.5, 0.6) is 0 Å². The van der Waals surface area contributed by atoms with Crippen molar-refractivity contribution in [1.82, 2.24) is 0 Å². The fraction of sp³-hybridized carbons (Fsp3) is 0.562. The molecule has 0 spiro atoms. The Bertz CT molecular complexity index is 455. The Hall–Kier alpha value is -1.00. The molecule has 1 aliphatic heterocycles. The summed E-state index contributed by atoms with van der Waals surface area (Å²) in [5.41, 5.74) is 1.43. The summed E-state index contributed by atoms with van der Waals surface area (Å²) in [7, 11) is 0. The zero-order valence-electron chi connectivity index (χ0n) is 11.5.